The summed E-state index contributed by atoms with van der Waals surface area (Å²) < 4.78 is 0. The summed E-state index contributed by atoms with van der Waals surface area (Å²) in [5, 5.41) is 8.78. The van der Waals surface area contributed by atoms with Gasteiger partial charge in [-0.1, -0.05) is 6.07 Å². The molecule has 0 radical (unpaired) electrons. The summed E-state index contributed by atoms with van der Waals surface area (Å²) in [5.41, 5.74) is 8.25. The molecule has 0 aliphatic carbocycles. The first kappa shape index (κ1) is 10.5. The van der Waals surface area contributed by atoms with Gasteiger partial charge in [0, 0.05) is 17.9 Å². The van der Waals surface area contributed by atoms with Crippen molar-refractivity contribution < 1.29 is 4.79 Å². The first-order valence-electron chi connectivity index (χ1n) is 5.20. The Labute approximate surface area is 94.3 Å². The first-order chi connectivity index (χ1) is 7.63. The summed E-state index contributed by atoms with van der Waals surface area (Å²) in [4.78, 5) is 13.4. The van der Waals surface area contributed by atoms with E-state index in [-0.39, 0.29) is 5.91 Å². The quantitative estimate of drug-likeness (QED) is 0.721. The van der Waals surface area contributed by atoms with Crippen molar-refractivity contribution in [2.45, 2.75) is 13.3 Å². The number of amides is 1. The van der Waals surface area contributed by atoms with Crippen LogP contribution in [0.15, 0.2) is 18.2 Å². The van der Waals surface area contributed by atoms with Crippen LogP contribution >= 0.6 is 0 Å². The highest BCUT2D eigenvalue weighted by Gasteiger charge is 2.32. The smallest absolute Gasteiger partial charge is 0.244 e. The normalized spacial score (nSPS) is 19.9. The summed E-state index contributed by atoms with van der Waals surface area (Å²) in [6.07, 6.45) is 0.600. The minimum absolute atomic E-state index is 0.120. The van der Waals surface area contributed by atoms with Gasteiger partial charge >= 0.3 is 0 Å². The van der Waals surface area contributed by atoms with E-state index >= 15 is 0 Å². The number of nitriles is 1. The van der Waals surface area contributed by atoms with Crippen LogP contribution in [0.5, 0.6) is 0 Å². The second-order valence-electron chi connectivity index (χ2n) is 4.00. The van der Waals surface area contributed by atoms with Gasteiger partial charge in [-0.05, 0) is 31.0 Å². The molecule has 1 aromatic rings. The summed E-state index contributed by atoms with van der Waals surface area (Å²) in [6.45, 7) is 2.52. The zero-order valence-corrected chi connectivity index (χ0v) is 9.10. The van der Waals surface area contributed by atoms with Crippen LogP contribution < -0.4 is 10.6 Å². The maximum Gasteiger partial charge on any atom is 0.244 e. The molecule has 2 rings (SSSR count). The number of hydrogen-bond acceptors (Lipinski definition) is 3. The fraction of sp³-hybridized carbons (Fsp3) is 0.333. The molecule has 82 valence electrons. The molecule has 1 unspecified atom stereocenters. The number of carbonyl (C=O) groups excluding carboxylic acids is 1. The summed E-state index contributed by atoms with van der Waals surface area (Å²) in [5.74, 6) is -0.617. The zero-order valence-electron chi connectivity index (χ0n) is 9.10. The zero-order chi connectivity index (χ0) is 11.7. The van der Waals surface area contributed by atoms with E-state index in [2.05, 4.69) is 0 Å². The van der Waals surface area contributed by atoms with Gasteiger partial charge in [0.15, 0.2) is 0 Å². The average molecular weight is 215 g/mol. The second kappa shape index (κ2) is 3.86. The Morgan fingerprint density at radius 2 is 2.31 bits per heavy atom. The molecule has 4 heteroatoms. The van der Waals surface area contributed by atoms with Gasteiger partial charge in [0.2, 0.25) is 5.91 Å². The predicted octanol–water partition coefficient (Wildman–Crippen LogP) is 1.45. The highest BCUT2D eigenvalue weighted by Crippen LogP contribution is 2.27. The summed E-state index contributed by atoms with van der Waals surface area (Å²) in [6, 6.07) is 7.55. The third-order valence-corrected chi connectivity index (χ3v) is 2.94. The van der Waals surface area contributed by atoms with Crippen molar-refractivity contribution in [2.24, 2.45) is 5.92 Å². The van der Waals surface area contributed by atoms with E-state index in [0.29, 0.717) is 18.7 Å². The van der Waals surface area contributed by atoms with Crippen molar-refractivity contribution in [3.63, 3.8) is 0 Å². The lowest BCUT2D eigenvalue weighted by atomic mass is 10.1. The number of nitrogen functional groups attached to an aromatic ring is 1. The molecule has 1 aromatic carbocycles. The number of aryl methyl sites for hydroxylation is 1. The molecule has 1 aliphatic rings. The van der Waals surface area contributed by atoms with E-state index in [9.17, 15) is 4.79 Å². The Balaban J connectivity index is 2.30. The summed E-state index contributed by atoms with van der Waals surface area (Å²) >= 11 is 0. The highest BCUT2D eigenvalue weighted by molar-refractivity contribution is 5.99. The molecule has 1 fully saturated rings. The molecule has 0 bridgehead atoms. The van der Waals surface area contributed by atoms with Gasteiger partial charge in [-0.3, -0.25) is 4.79 Å². The lowest BCUT2D eigenvalue weighted by Gasteiger charge is -2.16. The third kappa shape index (κ3) is 1.61. The van der Waals surface area contributed by atoms with Crippen molar-refractivity contribution in [3.8, 4) is 6.07 Å². The molecule has 1 aliphatic heterocycles. The standard InChI is InChI=1S/C12H13N3O/c1-8-2-3-10(6-11(8)14)15-5-4-9(7-13)12(15)16/h2-3,6,9H,4-5,14H2,1H3. The molecule has 1 atom stereocenters. The Bertz CT molecular complexity index is 476. The van der Waals surface area contributed by atoms with E-state index in [4.69, 9.17) is 11.0 Å². The van der Waals surface area contributed by atoms with Crippen molar-refractivity contribution in [3.05, 3.63) is 23.8 Å². The number of hydrogen-bond donors (Lipinski definition) is 1. The maximum absolute atomic E-state index is 11.8. The monoisotopic (exact) mass is 215 g/mol. The van der Waals surface area contributed by atoms with Crippen LogP contribution in [-0.2, 0) is 4.79 Å². The summed E-state index contributed by atoms with van der Waals surface area (Å²) in [7, 11) is 0. The van der Waals surface area contributed by atoms with Gasteiger partial charge in [0.1, 0.15) is 5.92 Å². The number of nitrogens with zero attached hydrogens (tertiary/aromatic N) is 2. The Morgan fingerprint density at radius 1 is 1.56 bits per heavy atom. The van der Waals surface area contributed by atoms with Crippen molar-refractivity contribution >= 4 is 17.3 Å². The van der Waals surface area contributed by atoms with Gasteiger partial charge in [-0.2, -0.15) is 5.26 Å². The first-order valence-corrected chi connectivity index (χ1v) is 5.20. The molecule has 0 aromatic heterocycles. The molecular formula is C12H13N3O. The molecule has 4 nitrogen and oxygen atoms in total. The van der Waals surface area contributed by atoms with Gasteiger partial charge < -0.3 is 10.6 Å². The number of benzene rings is 1. The third-order valence-electron chi connectivity index (χ3n) is 2.94. The van der Waals surface area contributed by atoms with E-state index in [1.54, 1.807) is 11.0 Å². The Morgan fingerprint density at radius 3 is 2.88 bits per heavy atom. The molecule has 0 spiro atoms. The largest absolute Gasteiger partial charge is 0.398 e. The molecule has 1 heterocycles. The molecular weight excluding hydrogens is 202 g/mol. The molecule has 1 saturated heterocycles. The maximum atomic E-state index is 11.8. The number of anilines is 2. The highest BCUT2D eigenvalue weighted by atomic mass is 16.2. The number of nitrogens with two attached hydrogens (primary N) is 1. The van der Waals surface area contributed by atoms with E-state index < -0.39 is 5.92 Å². The van der Waals surface area contributed by atoms with E-state index in [1.807, 2.05) is 25.1 Å². The Hall–Kier alpha value is -2.02. The van der Waals surface area contributed by atoms with Gasteiger partial charge in [0.25, 0.3) is 0 Å². The SMILES string of the molecule is Cc1ccc(N2CCC(C#N)C2=O)cc1N. The van der Waals surface area contributed by atoms with Crippen LogP contribution in [0.4, 0.5) is 11.4 Å². The number of carbonyl (C=O) groups is 1. The van der Waals surface area contributed by atoms with Gasteiger partial charge in [-0.15, -0.1) is 0 Å². The lowest BCUT2D eigenvalue weighted by Crippen LogP contribution is -2.26. The number of rotatable bonds is 1. The lowest BCUT2D eigenvalue weighted by molar-refractivity contribution is -0.118. The van der Waals surface area contributed by atoms with E-state index in [1.165, 1.54) is 0 Å². The van der Waals surface area contributed by atoms with Crippen LogP contribution in [0.1, 0.15) is 12.0 Å². The van der Waals surface area contributed by atoms with Gasteiger partial charge in [0.05, 0.1) is 6.07 Å². The molecule has 2 N–H and O–H groups in total. The second-order valence-corrected chi connectivity index (χ2v) is 4.00. The van der Waals surface area contributed by atoms with Crippen LogP contribution in [0, 0.1) is 24.2 Å². The minimum Gasteiger partial charge on any atom is -0.398 e. The van der Waals surface area contributed by atoms with Crippen molar-refractivity contribution in [1.29, 1.82) is 5.26 Å². The predicted molar refractivity (Wildman–Crippen MR) is 61.7 cm³/mol. The fourth-order valence-corrected chi connectivity index (χ4v) is 1.85. The van der Waals surface area contributed by atoms with Crippen molar-refractivity contribution in [2.75, 3.05) is 17.2 Å². The molecule has 1 amide bonds. The van der Waals surface area contributed by atoms with E-state index in [0.717, 1.165) is 11.3 Å². The van der Waals surface area contributed by atoms with Crippen LogP contribution in [0.2, 0.25) is 0 Å². The van der Waals surface area contributed by atoms with Gasteiger partial charge in [-0.25, -0.2) is 0 Å². The average Bonchev–Trinajstić information content (AvgIpc) is 2.64. The molecule has 16 heavy (non-hydrogen) atoms. The fourth-order valence-electron chi connectivity index (χ4n) is 1.85. The minimum atomic E-state index is -0.498. The van der Waals surface area contributed by atoms with Crippen LogP contribution in [0.25, 0.3) is 0 Å². The van der Waals surface area contributed by atoms with Crippen LogP contribution in [0.3, 0.4) is 0 Å². The Kier molecular flexibility index (Phi) is 2.53. The van der Waals surface area contributed by atoms with Crippen molar-refractivity contribution in [1.82, 2.24) is 0 Å². The van der Waals surface area contributed by atoms with Crippen LogP contribution in [-0.4, -0.2) is 12.5 Å². The topological polar surface area (TPSA) is 70.1 Å². The molecule has 0 saturated carbocycles.